The molecule has 252 valence electrons. The number of rotatable bonds is 8. The second-order valence-electron chi connectivity index (χ2n) is 16.0. The number of pyridine rings is 2. The number of benzene rings is 4. The molecule has 0 aliphatic heterocycles. The van der Waals surface area contributed by atoms with Gasteiger partial charge in [0.15, 0.2) is 0 Å². The Morgan fingerprint density at radius 1 is 0.640 bits per heavy atom. The molecule has 0 spiro atoms. The fraction of sp³-hybridized carbons (Fsp3) is 0.261. The molecule has 0 aliphatic rings. The molecule has 3 nitrogen and oxygen atoms in total. The largest absolute Gasteiger partial charge is 0.507 e. The third-order valence-corrected chi connectivity index (χ3v) is 9.44. The Balaban J connectivity index is 1.55. The van der Waals surface area contributed by atoms with Gasteiger partial charge >= 0.3 is 0 Å². The summed E-state index contributed by atoms with van der Waals surface area (Å²) in [5.41, 5.74) is 12.2. The molecule has 0 atom stereocenters. The summed E-state index contributed by atoms with van der Waals surface area (Å²) in [6.45, 7) is 17.6. The Labute approximate surface area is 299 Å². The lowest BCUT2D eigenvalue weighted by molar-refractivity contribution is 0.446. The van der Waals surface area contributed by atoms with Crippen LogP contribution in [-0.2, 0) is 17.3 Å². The minimum absolute atomic E-state index is 0.0901. The van der Waals surface area contributed by atoms with Crippen LogP contribution in [0.3, 0.4) is 0 Å². The molecule has 2 aromatic heterocycles. The fourth-order valence-electron chi connectivity index (χ4n) is 6.86. The van der Waals surface area contributed by atoms with Crippen molar-refractivity contribution < 1.29 is 5.11 Å². The highest BCUT2D eigenvalue weighted by Gasteiger charge is 2.28. The maximum atomic E-state index is 11.8. The summed E-state index contributed by atoms with van der Waals surface area (Å²) >= 11 is 0. The van der Waals surface area contributed by atoms with Crippen LogP contribution in [0.5, 0.6) is 5.75 Å². The molecule has 0 unspecified atom stereocenters. The van der Waals surface area contributed by atoms with Crippen molar-refractivity contribution in [2.24, 2.45) is 5.92 Å². The van der Waals surface area contributed by atoms with E-state index in [1.807, 2.05) is 12.3 Å². The molecular formula is C46H49BN2O. The topological polar surface area (TPSA) is 46.0 Å². The quantitative estimate of drug-likeness (QED) is 0.166. The van der Waals surface area contributed by atoms with Crippen LogP contribution in [0.25, 0.3) is 33.6 Å². The molecule has 0 saturated carbocycles. The van der Waals surface area contributed by atoms with Gasteiger partial charge in [-0.15, -0.1) is 0 Å². The van der Waals surface area contributed by atoms with Crippen molar-refractivity contribution in [2.45, 2.75) is 72.6 Å². The van der Waals surface area contributed by atoms with Crippen molar-refractivity contribution in [1.82, 2.24) is 9.97 Å². The molecule has 4 heteroatoms. The van der Waals surface area contributed by atoms with E-state index in [-0.39, 0.29) is 17.5 Å². The summed E-state index contributed by atoms with van der Waals surface area (Å²) in [5, 5.41) is 11.8. The minimum Gasteiger partial charge on any atom is -0.507 e. The molecule has 1 N–H and O–H groups in total. The van der Waals surface area contributed by atoms with Crippen molar-refractivity contribution in [3.05, 3.63) is 144 Å². The monoisotopic (exact) mass is 656 g/mol. The molecule has 0 amide bonds. The molecular weight excluding hydrogens is 607 g/mol. The lowest BCUT2D eigenvalue weighted by atomic mass is 9.37. The zero-order valence-corrected chi connectivity index (χ0v) is 30.8. The first-order valence-electron chi connectivity index (χ1n) is 17.8. The van der Waals surface area contributed by atoms with Gasteiger partial charge in [-0.2, -0.15) is 0 Å². The highest BCUT2D eigenvalue weighted by molar-refractivity contribution is 6.95. The normalized spacial score (nSPS) is 11.9. The fourth-order valence-corrected chi connectivity index (χ4v) is 6.86. The van der Waals surface area contributed by atoms with E-state index in [0.717, 1.165) is 45.6 Å². The van der Waals surface area contributed by atoms with Crippen molar-refractivity contribution in [1.29, 1.82) is 0 Å². The third kappa shape index (κ3) is 7.60. The van der Waals surface area contributed by atoms with E-state index in [4.69, 9.17) is 9.97 Å². The van der Waals surface area contributed by atoms with Gasteiger partial charge in [-0.25, -0.2) is 4.98 Å². The molecule has 4 aromatic carbocycles. The number of nitrogens with zero attached hydrogens (tertiary/aromatic N) is 2. The lowest BCUT2D eigenvalue weighted by Gasteiger charge is -2.27. The van der Waals surface area contributed by atoms with Crippen molar-refractivity contribution in [3.8, 4) is 39.4 Å². The summed E-state index contributed by atoms with van der Waals surface area (Å²) in [7, 11) is 0. The number of aromatic hydroxyl groups is 1. The second-order valence-corrected chi connectivity index (χ2v) is 16.0. The van der Waals surface area contributed by atoms with Crippen LogP contribution in [0.2, 0.25) is 0 Å². The Morgan fingerprint density at radius 3 is 2.00 bits per heavy atom. The lowest BCUT2D eigenvalue weighted by Crippen LogP contribution is -2.53. The Bertz CT molecular complexity index is 2090. The number of phenols is 1. The average Bonchev–Trinajstić information content (AvgIpc) is 3.08. The standard InChI is InChI=1S/C46H49BN2O/c1-31(2)25-32-26-41(49-42(27-32)38-29-35(45(3,4)5)30-39(44(38)50)46(6,7)8)34-19-16-20-36(28-34)47(43-23-14-15-24-48-43)40-22-13-12-21-37(40)33-17-10-9-11-18-33/h9-24,26-31,50H,25H2,1-8H3. The SMILES string of the molecule is CC(C)Cc1cc(-c2cccc(B(c3ccccn3)c3ccccc3-c3ccccc3)c2)nc(-c2cc(C(C)(C)C)cc(C(C)(C)C)c2O)c1. The zero-order chi connectivity index (χ0) is 35.6. The van der Waals surface area contributed by atoms with Crippen LogP contribution in [0, 0.1) is 5.92 Å². The van der Waals surface area contributed by atoms with Gasteiger partial charge in [-0.05, 0) is 81.3 Å². The summed E-state index contributed by atoms with van der Waals surface area (Å²) in [5.74, 6) is 0.777. The van der Waals surface area contributed by atoms with Gasteiger partial charge in [0, 0.05) is 22.9 Å². The van der Waals surface area contributed by atoms with Gasteiger partial charge in [-0.3, -0.25) is 4.98 Å². The molecule has 0 radical (unpaired) electrons. The van der Waals surface area contributed by atoms with Crippen molar-refractivity contribution in [2.75, 3.05) is 0 Å². The smallest absolute Gasteiger partial charge is 0.265 e. The first-order valence-corrected chi connectivity index (χ1v) is 17.8. The van der Waals surface area contributed by atoms with Crippen molar-refractivity contribution >= 4 is 23.2 Å². The third-order valence-electron chi connectivity index (χ3n) is 9.44. The number of aromatic nitrogens is 2. The van der Waals surface area contributed by atoms with E-state index >= 15 is 0 Å². The van der Waals surface area contributed by atoms with E-state index in [2.05, 4.69) is 171 Å². The van der Waals surface area contributed by atoms with Crippen LogP contribution < -0.4 is 16.5 Å². The number of hydrogen-bond donors (Lipinski definition) is 1. The number of phenolic OH excluding ortho intramolecular Hbond substituents is 1. The predicted molar refractivity (Wildman–Crippen MR) is 213 cm³/mol. The van der Waals surface area contributed by atoms with E-state index in [1.54, 1.807) is 0 Å². The summed E-state index contributed by atoms with van der Waals surface area (Å²) in [6.07, 6.45) is 2.79. The zero-order valence-electron chi connectivity index (χ0n) is 30.8. The van der Waals surface area contributed by atoms with E-state index in [9.17, 15) is 5.11 Å². The molecule has 0 fully saturated rings. The van der Waals surface area contributed by atoms with Crippen LogP contribution in [0.4, 0.5) is 0 Å². The van der Waals surface area contributed by atoms with Gasteiger partial charge in [0.05, 0.1) is 11.4 Å². The Kier molecular flexibility index (Phi) is 9.85. The molecule has 0 aliphatic carbocycles. The molecule has 6 rings (SSSR count). The predicted octanol–water partition coefficient (Wildman–Crippen LogP) is 9.49. The van der Waals surface area contributed by atoms with Crippen LogP contribution in [0.15, 0.2) is 128 Å². The maximum absolute atomic E-state index is 11.8. The average molecular weight is 657 g/mol. The maximum Gasteiger partial charge on any atom is 0.265 e. The Morgan fingerprint density at radius 2 is 1.32 bits per heavy atom. The molecule has 0 bridgehead atoms. The number of hydrogen-bond acceptors (Lipinski definition) is 3. The highest BCUT2D eigenvalue weighted by Crippen LogP contribution is 2.42. The van der Waals surface area contributed by atoms with Gasteiger partial charge in [-0.1, -0.05) is 157 Å². The molecule has 2 heterocycles. The highest BCUT2D eigenvalue weighted by atomic mass is 16.3. The van der Waals surface area contributed by atoms with Crippen LogP contribution >= 0.6 is 0 Å². The van der Waals surface area contributed by atoms with Crippen LogP contribution in [-0.4, -0.2) is 21.8 Å². The first kappa shape index (κ1) is 34.9. The van der Waals surface area contributed by atoms with Gasteiger partial charge in [0.1, 0.15) is 5.75 Å². The van der Waals surface area contributed by atoms with Crippen molar-refractivity contribution in [3.63, 3.8) is 0 Å². The van der Waals surface area contributed by atoms with Gasteiger partial charge in [0.25, 0.3) is 6.71 Å². The van der Waals surface area contributed by atoms with E-state index in [0.29, 0.717) is 11.7 Å². The van der Waals surface area contributed by atoms with Crippen LogP contribution in [0.1, 0.15) is 72.1 Å². The molecule has 6 aromatic rings. The molecule has 0 saturated heterocycles. The minimum atomic E-state index is -0.233. The molecule has 50 heavy (non-hydrogen) atoms. The Hall–Kier alpha value is -4.96. The first-order chi connectivity index (χ1) is 23.8. The summed E-state index contributed by atoms with van der Waals surface area (Å²) in [4.78, 5) is 10.2. The summed E-state index contributed by atoms with van der Waals surface area (Å²) in [6, 6.07) is 42.9. The summed E-state index contributed by atoms with van der Waals surface area (Å²) < 4.78 is 0. The van der Waals surface area contributed by atoms with E-state index in [1.165, 1.54) is 27.7 Å². The second kappa shape index (κ2) is 14.1. The van der Waals surface area contributed by atoms with Gasteiger partial charge < -0.3 is 5.11 Å². The van der Waals surface area contributed by atoms with Gasteiger partial charge in [0.2, 0.25) is 0 Å². The van der Waals surface area contributed by atoms with E-state index < -0.39 is 0 Å².